The molecule has 6 nitrogen and oxygen atoms in total. The molecule has 1 aromatic heterocycles. The number of nitrogens with zero attached hydrogens (tertiary/aromatic N) is 1. The van der Waals surface area contributed by atoms with Crippen molar-refractivity contribution < 1.29 is 14.6 Å². The smallest absolute Gasteiger partial charge is 0.273 e. The molecule has 0 radical (unpaired) electrons. The van der Waals surface area contributed by atoms with Crippen LogP contribution in [0.2, 0.25) is 0 Å². The van der Waals surface area contributed by atoms with Crippen molar-refractivity contribution in [3.63, 3.8) is 0 Å². The van der Waals surface area contributed by atoms with Crippen molar-refractivity contribution in [1.82, 2.24) is 15.6 Å². The Morgan fingerprint density at radius 2 is 2.32 bits per heavy atom. The second kappa shape index (κ2) is 8.84. The maximum Gasteiger partial charge on any atom is 0.273 e. The third-order valence-corrected chi connectivity index (χ3v) is 3.00. The number of amides is 1. The van der Waals surface area contributed by atoms with E-state index in [2.05, 4.69) is 15.6 Å². The minimum Gasteiger partial charge on any atom is -0.467 e. The lowest BCUT2D eigenvalue weighted by Crippen LogP contribution is -2.38. The largest absolute Gasteiger partial charge is 0.467 e. The fraction of sp³-hybridized carbons (Fsp3) is 0.667. The number of hydrogen-bond donors (Lipinski definition) is 3. The van der Waals surface area contributed by atoms with Crippen molar-refractivity contribution in [3.05, 3.63) is 11.6 Å². The van der Waals surface area contributed by atoms with Gasteiger partial charge < -0.3 is 20.5 Å². The lowest BCUT2D eigenvalue weighted by molar-refractivity contribution is -0.123. The first kappa shape index (κ1) is 15.9. The van der Waals surface area contributed by atoms with Gasteiger partial charge in [-0.25, -0.2) is 4.98 Å². The van der Waals surface area contributed by atoms with Crippen LogP contribution in [0.3, 0.4) is 0 Å². The second-order valence-electron chi connectivity index (χ2n) is 4.41. The van der Waals surface area contributed by atoms with Gasteiger partial charge in [-0.3, -0.25) is 4.79 Å². The Kier molecular flexibility index (Phi) is 7.39. The highest BCUT2D eigenvalue weighted by atomic mass is 32.1. The number of aromatic nitrogens is 1. The normalized spacial score (nSPS) is 12.4. The van der Waals surface area contributed by atoms with Gasteiger partial charge in [-0.2, -0.15) is 0 Å². The van der Waals surface area contributed by atoms with Crippen LogP contribution in [0, 0.1) is 5.92 Å². The topological polar surface area (TPSA) is 83.5 Å². The van der Waals surface area contributed by atoms with E-state index in [0.717, 1.165) is 0 Å². The van der Waals surface area contributed by atoms with Crippen molar-refractivity contribution in [2.45, 2.75) is 20.0 Å². The first-order chi connectivity index (χ1) is 9.09. The number of rotatable bonds is 9. The van der Waals surface area contributed by atoms with Crippen LogP contribution in [-0.4, -0.2) is 48.3 Å². The molecule has 1 unspecified atom stereocenters. The number of thiazole rings is 1. The molecule has 19 heavy (non-hydrogen) atoms. The van der Waals surface area contributed by atoms with Gasteiger partial charge in [0.25, 0.3) is 5.19 Å². The summed E-state index contributed by atoms with van der Waals surface area (Å²) in [4.78, 5) is 15.2. The minimum absolute atomic E-state index is 0.00251. The standard InChI is InChI=1S/C12H21N3O3S/c1-9(2)11(17)14-4-3-13-7-10(16)8-18-12-15-5-6-19-12/h5-6,9-10,13,16H,3-4,7-8H2,1-2H3,(H,14,17). The Bertz CT molecular complexity index is 357. The molecule has 1 atom stereocenters. The maximum atomic E-state index is 11.3. The number of carbonyl (C=O) groups excluding carboxylic acids is 1. The highest BCUT2D eigenvalue weighted by molar-refractivity contribution is 7.11. The fourth-order valence-corrected chi connectivity index (χ4v) is 1.75. The summed E-state index contributed by atoms with van der Waals surface area (Å²) in [6, 6.07) is 0. The first-order valence-corrected chi connectivity index (χ1v) is 7.16. The predicted molar refractivity (Wildman–Crippen MR) is 74.3 cm³/mol. The van der Waals surface area contributed by atoms with Gasteiger partial charge in [0.05, 0.1) is 0 Å². The van der Waals surface area contributed by atoms with Crippen LogP contribution in [0.4, 0.5) is 0 Å². The van der Waals surface area contributed by atoms with Crippen molar-refractivity contribution in [3.8, 4) is 5.19 Å². The van der Waals surface area contributed by atoms with Crippen LogP contribution >= 0.6 is 11.3 Å². The molecule has 0 saturated heterocycles. The highest BCUT2D eigenvalue weighted by Gasteiger charge is 2.07. The molecule has 7 heteroatoms. The SMILES string of the molecule is CC(C)C(=O)NCCNCC(O)COc1nccs1. The summed E-state index contributed by atoms with van der Waals surface area (Å²) < 4.78 is 5.28. The van der Waals surface area contributed by atoms with Crippen LogP contribution in [0.15, 0.2) is 11.6 Å². The lowest BCUT2D eigenvalue weighted by atomic mass is 10.2. The Hall–Kier alpha value is -1.18. The fourth-order valence-electron chi connectivity index (χ4n) is 1.25. The van der Waals surface area contributed by atoms with Gasteiger partial charge in [0, 0.05) is 37.1 Å². The van der Waals surface area contributed by atoms with Gasteiger partial charge in [0.15, 0.2) is 0 Å². The zero-order chi connectivity index (χ0) is 14.1. The van der Waals surface area contributed by atoms with Crippen molar-refractivity contribution >= 4 is 17.2 Å². The molecular formula is C12H21N3O3S. The molecule has 0 aliphatic carbocycles. The summed E-state index contributed by atoms with van der Waals surface area (Å²) in [6.45, 7) is 5.50. The molecule has 1 amide bonds. The Balaban J connectivity index is 1.98. The number of carbonyl (C=O) groups is 1. The maximum absolute atomic E-state index is 11.3. The van der Waals surface area contributed by atoms with E-state index in [4.69, 9.17) is 4.74 Å². The Morgan fingerprint density at radius 1 is 1.53 bits per heavy atom. The molecule has 1 heterocycles. The minimum atomic E-state index is -0.593. The molecule has 0 spiro atoms. The third-order valence-electron chi connectivity index (χ3n) is 2.31. The molecular weight excluding hydrogens is 266 g/mol. The number of aliphatic hydroxyl groups excluding tert-OH is 1. The summed E-state index contributed by atoms with van der Waals surface area (Å²) in [6.07, 6.45) is 1.06. The van der Waals surface area contributed by atoms with Crippen LogP contribution in [-0.2, 0) is 4.79 Å². The molecule has 0 fully saturated rings. The van der Waals surface area contributed by atoms with Gasteiger partial charge in [-0.05, 0) is 0 Å². The Labute approximate surface area is 117 Å². The second-order valence-corrected chi connectivity index (χ2v) is 5.27. The number of aliphatic hydroxyl groups is 1. The molecule has 0 bridgehead atoms. The monoisotopic (exact) mass is 287 g/mol. The van der Waals surface area contributed by atoms with E-state index in [1.54, 1.807) is 6.20 Å². The van der Waals surface area contributed by atoms with Gasteiger partial charge in [0.1, 0.15) is 12.7 Å². The molecule has 0 aliphatic rings. The molecule has 108 valence electrons. The van der Waals surface area contributed by atoms with E-state index < -0.39 is 6.10 Å². The predicted octanol–water partition coefficient (Wildman–Crippen LogP) is 0.245. The van der Waals surface area contributed by atoms with Crippen molar-refractivity contribution in [2.75, 3.05) is 26.2 Å². The van der Waals surface area contributed by atoms with E-state index in [1.165, 1.54) is 11.3 Å². The van der Waals surface area contributed by atoms with Crippen molar-refractivity contribution in [2.24, 2.45) is 5.92 Å². The highest BCUT2D eigenvalue weighted by Crippen LogP contribution is 2.13. The average molecular weight is 287 g/mol. The Morgan fingerprint density at radius 3 is 2.95 bits per heavy atom. The number of hydrogen-bond acceptors (Lipinski definition) is 6. The average Bonchev–Trinajstić information content (AvgIpc) is 2.88. The van der Waals surface area contributed by atoms with E-state index in [1.807, 2.05) is 19.2 Å². The molecule has 3 N–H and O–H groups in total. The van der Waals surface area contributed by atoms with E-state index in [0.29, 0.717) is 24.8 Å². The summed E-state index contributed by atoms with van der Waals surface area (Å²) in [7, 11) is 0. The summed E-state index contributed by atoms with van der Waals surface area (Å²) in [5.41, 5.74) is 0. The summed E-state index contributed by atoms with van der Waals surface area (Å²) in [5.74, 6) is 0.0340. The number of ether oxygens (including phenoxy) is 1. The van der Waals surface area contributed by atoms with Gasteiger partial charge >= 0.3 is 0 Å². The van der Waals surface area contributed by atoms with Crippen LogP contribution in [0.5, 0.6) is 5.19 Å². The van der Waals surface area contributed by atoms with Gasteiger partial charge in [-0.1, -0.05) is 25.2 Å². The van der Waals surface area contributed by atoms with Crippen LogP contribution in [0.25, 0.3) is 0 Å². The summed E-state index contributed by atoms with van der Waals surface area (Å²) >= 11 is 1.39. The first-order valence-electron chi connectivity index (χ1n) is 6.28. The lowest BCUT2D eigenvalue weighted by Gasteiger charge is -2.12. The molecule has 0 saturated carbocycles. The van der Waals surface area contributed by atoms with Gasteiger partial charge in [0.2, 0.25) is 5.91 Å². The molecule has 1 aromatic rings. The quantitative estimate of drug-likeness (QED) is 0.567. The third kappa shape index (κ3) is 7.09. The molecule has 1 rings (SSSR count). The van der Waals surface area contributed by atoms with Crippen molar-refractivity contribution in [1.29, 1.82) is 0 Å². The van der Waals surface area contributed by atoms with Gasteiger partial charge in [-0.15, -0.1) is 0 Å². The van der Waals surface area contributed by atoms with E-state index >= 15 is 0 Å². The van der Waals surface area contributed by atoms with Crippen LogP contribution < -0.4 is 15.4 Å². The number of nitrogens with one attached hydrogen (secondary N) is 2. The molecule has 0 aliphatic heterocycles. The van der Waals surface area contributed by atoms with E-state index in [-0.39, 0.29) is 18.4 Å². The van der Waals surface area contributed by atoms with Crippen LogP contribution in [0.1, 0.15) is 13.8 Å². The molecule has 0 aromatic carbocycles. The zero-order valence-electron chi connectivity index (χ0n) is 11.3. The summed E-state index contributed by atoms with van der Waals surface area (Å²) in [5, 5.41) is 17.9. The van der Waals surface area contributed by atoms with E-state index in [9.17, 15) is 9.90 Å². The zero-order valence-corrected chi connectivity index (χ0v) is 12.1.